The maximum absolute atomic E-state index is 12.5. The number of nitrogens with one attached hydrogen (secondary N) is 2. The molecule has 2 amide bonds. The molecule has 0 aliphatic heterocycles. The summed E-state index contributed by atoms with van der Waals surface area (Å²) >= 11 is 0. The van der Waals surface area contributed by atoms with Gasteiger partial charge in [0.1, 0.15) is 6.54 Å². The van der Waals surface area contributed by atoms with Crippen LogP contribution in [0.15, 0.2) is 30.6 Å². The maximum atomic E-state index is 12.5. The second-order valence-corrected chi connectivity index (χ2v) is 7.12. The van der Waals surface area contributed by atoms with Gasteiger partial charge in [0.25, 0.3) is 5.91 Å². The third kappa shape index (κ3) is 4.97. The highest BCUT2D eigenvalue weighted by Gasteiger charge is 2.17. The minimum Gasteiger partial charge on any atom is -0.478 e. The van der Waals surface area contributed by atoms with Crippen LogP contribution in [-0.2, 0) is 11.3 Å². The highest BCUT2D eigenvalue weighted by Crippen LogP contribution is 2.19. The first kappa shape index (κ1) is 19.6. The molecule has 1 aliphatic rings. The third-order valence-electron chi connectivity index (χ3n) is 4.90. The van der Waals surface area contributed by atoms with E-state index in [4.69, 9.17) is 5.11 Å². The van der Waals surface area contributed by atoms with E-state index in [1.54, 1.807) is 13.0 Å². The van der Waals surface area contributed by atoms with Crippen molar-refractivity contribution in [2.24, 2.45) is 0 Å². The lowest BCUT2D eigenvalue weighted by atomic mass is 9.95. The Labute approximate surface area is 162 Å². The first-order chi connectivity index (χ1) is 13.4. The zero-order valence-electron chi connectivity index (χ0n) is 15.8. The van der Waals surface area contributed by atoms with E-state index in [0.717, 1.165) is 31.2 Å². The summed E-state index contributed by atoms with van der Waals surface area (Å²) in [4.78, 5) is 35.7. The summed E-state index contributed by atoms with van der Waals surface area (Å²) in [6.07, 6.45) is 8.41. The number of carbonyl (C=O) groups is 3. The molecule has 1 fully saturated rings. The average molecular weight is 384 g/mol. The fraction of sp³-hybridized carbons (Fsp3) is 0.400. The number of nitrogens with zero attached hydrogens (tertiary/aromatic N) is 2. The molecule has 0 spiro atoms. The van der Waals surface area contributed by atoms with Gasteiger partial charge in [-0.05, 0) is 37.5 Å². The molecule has 1 aromatic carbocycles. The first-order valence-corrected chi connectivity index (χ1v) is 9.39. The molecule has 28 heavy (non-hydrogen) atoms. The number of hydrogen-bond acceptors (Lipinski definition) is 4. The number of benzene rings is 1. The van der Waals surface area contributed by atoms with E-state index in [1.807, 2.05) is 0 Å². The van der Waals surface area contributed by atoms with Crippen molar-refractivity contribution >= 4 is 23.5 Å². The van der Waals surface area contributed by atoms with E-state index in [1.165, 1.54) is 35.6 Å². The lowest BCUT2D eigenvalue weighted by Gasteiger charge is -2.22. The van der Waals surface area contributed by atoms with Crippen molar-refractivity contribution in [1.29, 1.82) is 0 Å². The number of anilines is 1. The van der Waals surface area contributed by atoms with Gasteiger partial charge in [-0.3, -0.25) is 14.3 Å². The summed E-state index contributed by atoms with van der Waals surface area (Å²) in [7, 11) is 0. The SMILES string of the molecule is Cc1ccc(C(=O)O)cc1NC(=O)c1cnn(CC(=O)NC2CCCCC2)c1. The van der Waals surface area contributed by atoms with Gasteiger partial charge >= 0.3 is 5.97 Å². The Kier molecular flexibility index (Phi) is 6.08. The van der Waals surface area contributed by atoms with Crippen LogP contribution in [-0.4, -0.2) is 38.7 Å². The van der Waals surface area contributed by atoms with Crippen LogP contribution in [0.2, 0.25) is 0 Å². The molecular weight excluding hydrogens is 360 g/mol. The Morgan fingerprint density at radius 1 is 1.18 bits per heavy atom. The van der Waals surface area contributed by atoms with E-state index < -0.39 is 11.9 Å². The third-order valence-corrected chi connectivity index (χ3v) is 4.90. The van der Waals surface area contributed by atoms with Gasteiger partial charge in [-0.1, -0.05) is 25.3 Å². The number of aromatic carboxylic acids is 1. The van der Waals surface area contributed by atoms with Crippen molar-refractivity contribution in [1.82, 2.24) is 15.1 Å². The molecule has 1 aliphatic carbocycles. The molecule has 1 saturated carbocycles. The van der Waals surface area contributed by atoms with Crippen molar-refractivity contribution in [2.45, 2.75) is 51.6 Å². The number of carboxylic acid groups (broad SMARTS) is 1. The largest absolute Gasteiger partial charge is 0.478 e. The second-order valence-electron chi connectivity index (χ2n) is 7.12. The van der Waals surface area contributed by atoms with Gasteiger partial charge in [-0.25, -0.2) is 4.79 Å². The minimum atomic E-state index is -1.06. The average Bonchev–Trinajstić information content (AvgIpc) is 3.12. The topological polar surface area (TPSA) is 113 Å². The van der Waals surface area contributed by atoms with E-state index in [2.05, 4.69) is 15.7 Å². The van der Waals surface area contributed by atoms with Crippen molar-refractivity contribution in [2.75, 3.05) is 5.32 Å². The minimum absolute atomic E-state index is 0.0529. The van der Waals surface area contributed by atoms with Crippen LogP contribution >= 0.6 is 0 Å². The van der Waals surface area contributed by atoms with Gasteiger partial charge in [-0.15, -0.1) is 0 Å². The predicted octanol–water partition coefficient (Wildman–Crippen LogP) is 2.59. The Morgan fingerprint density at radius 2 is 1.93 bits per heavy atom. The number of hydrogen-bond donors (Lipinski definition) is 3. The number of aromatic nitrogens is 2. The molecule has 0 atom stereocenters. The summed E-state index contributed by atoms with van der Waals surface area (Å²) in [5.74, 6) is -1.59. The van der Waals surface area contributed by atoms with Crippen molar-refractivity contribution < 1.29 is 19.5 Å². The highest BCUT2D eigenvalue weighted by molar-refractivity contribution is 6.05. The predicted molar refractivity (Wildman–Crippen MR) is 103 cm³/mol. The maximum Gasteiger partial charge on any atom is 0.335 e. The summed E-state index contributed by atoms with van der Waals surface area (Å²) in [6.45, 7) is 1.83. The molecule has 0 radical (unpaired) electrons. The lowest BCUT2D eigenvalue weighted by Crippen LogP contribution is -2.38. The van der Waals surface area contributed by atoms with E-state index >= 15 is 0 Å². The van der Waals surface area contributed by atoms with Crippen molar-refractivity contribution in [3.05, 3.63) is 47.3 Å². The van der Waals surface area contributed by atoms with E-state index in [9.17, 15) is 14.4 Å². The van der Waals surface area contributed by atoms with Gasteiger partial charge in [0.05, 0.1) is 17.3 Å². The molecule has 0 bridgehead atoms. The monoisotopic (exact) mass is 384 g/mol. The van der Waals surface area contributed by atoms with Crippen molar-refractivity contribution in [3.8, 4) is 0 Å². The number of carbonyl (C=O) groups excluding carboxylic acids is 2. The number of aryl methyl sites for hydroxylation is 1. The molecular formula is C20H24N4O4. The molecule has 3 N–H and O–H groups in total. The normalized spacial score (nSPS) is 14.5. The molecule has 8 heteroatoms. The molecule has 2 aromatic rings. The summed E-state index contributed by atoms with van der Waals surface area (Å²) in [5, 5.41) is 18.9. The van der Waals surface area contributed by atoms with Gasteiger partial charge in [0.15, 0.2) is 0 Å². The Hall–Kier alpha value is -3.16. The van der Waals surface area contributed by atoms with Crippen LogP contribution in [0.3, 0.4) is 0 Å². The Balaban J connectivity index is 1.60. The smallest absolute Gasteiger partial charge is 0.335 e. The quantitative estimate of drug-likeness (QED) is 0.708. The van der Waals surface area contributed by atoms with Crippen molar-refractivity contribution in [3.63, 3.8) is 0 Å². The first-order valence-electron chi connectivity index (χ1n) is 9.39. The number of rotatable bonds is 6. The molecule has 8 nitrogen and oxygen atoms in total. The second kappa shape index (κ2) is 8.69. The summed E-state index contributed by atoms with van der Waals surface area (Å²) in [6, 6.07) is 4.76. The summed E-state index contributed by atoms with van der Waals surface area (Å²) < 4.78 is 1.42. The molecule has 1 heterocycles. The van der Waals surface area contributed by atoms with Crippen LogP contribution in [0.25, 0.3) is 0 Å². The van der Waals surface area contributed by atoms with Gasteiger partial charge in [0, 0.05) is 17.9 Å². The van der Waals surface area contributed by atoms with Crippen LogP contribution in [0.4, 0.5) is 5.69 Å². The fourth-order valence-electron chi connectivity index (χ4n) is 3.32. The van der Waals surface area contributed by atoms with Crippen LogP contribution in [0.1, 0.15) is 58.4 Å². The number of carboxylic acids is 1. The van der Waals surface area contributed by atoms with E-state index in [0.29, 0.717) is 11.3 Å². The molecule has 3 rings (SSSR count). The van der Waals surface area contributed by atoms with Gasteiger partial charge in [0.2, 0.25) is 5.91 Å². The Morgan fingerprint density at radius 3 is 2.64 bits per heavy atom. The fourth-order valence-corrected chi connectivity index (χ4v) is 3.32. The van der Waals surface area contributed by atoms with Gasteiger partial charge < -0.3 is 15.7 Å². The van der Waals surface area contributed by atoms with Crippen LogP contribution in [0, 0.1) is 6.92 Å². The van der Waals surface area contributed by atoms with Gasteiger partial charge in [-0.2, -0.15) is 5.10 Å². The Bertz CT molecular complexity index is 884. The molecule has 0 saturated heterocycles. The highest BCUT2D eigenvalue weighted by atomic mass is 16.4. The molecule has 0 unspecified atom stereocenters. The van der Waals surface area contributed by atoms with Crippen LogP contribution < -0.4 is 10.6 Å². The standard InChI is InChI=1S/C20H24N4O4/c1-13-7-8-14(20(27)28)9-17(13)23-19(26)15-10-21-24(11-15)12-18(25)22-16-5-3-2-4-6-16/h7-11,16H,2-6,12H2,1H3,(H,22,25)(H,23,26)(H,27,28). The zero-order valence-corrected chi connectivity index (χ0v) is 15.8. The number of amides is 2. The molecule has 1 aromatic heterocycles. The van der Waals surface area contributed by atoms with E-state index in [-0.39, 0.29) is 24.1 Å². The summed E-state index contributed by atoms with van der Waals surface area (Å²) in [5.41, 5.74) is 1.56. The lowest BCUT2D eigenvalue weighted by molar-refractivity contribution is -0.122. The van der Waals surface area contributed by atoms with Crippen LogP contribution in [0.5, 0.6) is 0 Å². The zero-order chi connectivity index (χ0) is 20.1. The molecule has 148 valence electrons.